The zero-order valence-corrected chi connectivity index (χ0v) is 10.1. The Balaban J connectivity index is 2.42. The predicted octanol–water partition coefficient (Wildman–Crippen LogP) is 3.25. The van der Waals surface area contributed by atoms with Gasteiger partial charge in [0, 0.05) is 27.0 Å². The number of benzene rings is 1. The Kier molecular flexibility index (Phi) is 2.21. The molecular weight excluding hydrogens is 264 g/mol. The fourth-order valence-electron chi connectivity index (χ4n) is 1.94. The third kappa shape index (κ3) is 1.81. The molecule has 0 atom stereocenters. The average molecular weight is 271 g/mol. The van der Waals surface area contributed by atoms with E-state index >= 15 is 0 Å². The van der Waals surface area contributed by atoms with E-state index < -0.39 is 9.05 Å². The first-order valence-electron chi connectivity index (χ1n) is 4.83. The van der Waals surface area contributed by atoms with E-state index in [0.29, 0.717) is 22.1 Å². The maximum absolute atomic E-state index is 11.2. The molecule has 3 aromatic rings. The van der Waals surface area contributed by atoms with E-state index in [9.17, 15) is 8.42 Å². The molecule has 0 saturated carbocycles. The Morgan fingerprint density at radius 1 is 1.18 bits per heavy atom. The third-order valence-corrected chi connectivity index (χ3v) is 3.55. The van der Waals surface area contributed by atoms with Crippen molar-refractivity contribution in [3.05, 3.63) is 36.3 Å². The smallest absolute Gasteiger partial charge is 0.236 e. The van der Waals surface area contributed by atoms with E-state index in [4.69, 9.17) is 19.5 Å². The molecule has 4 nitrogen and oxygen atoms in total. The lowest BCUT2D eigenvalue weighted by Gasteiger charge is -2.01. The average Bonchev–Trinajstić information content (AvgIpc) is 2.82. The summed E-state index contributed by atoms with van der Waals surface area (Å²) >= 11 is 0. The van der Waals surface area contributed by atoms with Gasteiger partial charge in [-0.2, -0.15) is 0 Å². The van der Waals surface area contributed by atoms with Crippen LogP contribution in [0, 0.1) is 0 Å². The maximum atomic E-state index is 11.2. The van der Waals surface area contributed by atoms with Crippen LogP contribution in [-0.2, 0) is 14.8 Å². The Bertz CT molecular complexity index is 748. The van der Waals surface area contributed by atoms with Crippen LogP contribution in [0.2, 0.25) is 0 Å². The van der Waals surface area contributed by atoms with Gasteiger partial charge in [-0.25, -0.2) is 8.42 Å². The van der Waals surface area contributed by atoms with Crippen molar-refractivity contribution in [2.45, 2.75) is 5.75 Å². The summed E-state index contributed by atoms with van der Waals surface area (Å²) in [5, 5.41) is 1.50. The van der Waals surface area contributed by atoms with Crippen LogP contribution in [0.15, 0.2) is 39.6 Å². The van der Waals surface area contributed by atoms with Gasteiger partial charge in [-0.3, -0.25) is 0 Å². The lowest BCUT2D eigenvalue weighted by molar-refractivity contribution is 0.602. The van der Waals surface area contributed by atoms with Crippen molar-refractivity contribution in [2.24, 2.45) is 0 Å². The fraction of sp³-hybridized carbons (Fsp3) is 0.0909. The molecule has 0 amide bonds. The normalized spacial score (nSPS) is 12.5. The van der Waals surface area contributed by atoms with Gasteiger partial charge in [0.2, 0.25) is 9.05 Å². The molecule has 0 spiro atoms. The van der Waals surface area contributed by atoms with Crippen LogP contribution in [0.4, 0.5) is 0 Å². The van der Waals surface area contributed by atoms with Gasteiger partial charge >= 0.3 is 0 Å². The summed E-state index contributed by atoms with van der Waals surface area (Å²) < 4.78 is 33.0. The Hall–Kier alpha value is -1.46. The zero-order chi connectivity index (χ0) is 12.0. The molecule has 0 aliphatic carbocycles. The summed E-state index contributed by atoms with van der Waals surface area (Å²) in [6.45, 7) is 0. The van der Waals surface area contributed by atoms with Gasteiger partial charge < -0.3 is 8.83 Å². The summed E-state index contributed by atoms with van der Waals surface area (Å²) in [4.78, 5) is 0. The molecule has 6 heteroatoms. The summed E-state index contributed by atoms with van der Waals surface area (Å²) in [5.41, 5.74) is 1.68. The van der Waals surface area contributed by atoms with Crippen LogP contribution in [0.3, 0.4) is 0 Å². The Morgan fingerprint density at radius 3 is 2.71 bits per heavy atom. The minimum Gasteiger partial charge on any atom is -0.464 e. The van der Waals surface area contributed by atoms with Crippen LogP contribution in [-0.4, -0.2) is 8.42 Å². The van der Waals surface area contributed by atoms with Crippen molar-refractivity contribution in [3.8, 4) is 0 Å². The van der Waals surface area contributed by atoms with Gasteiger partial charge in [-0.1, -0.05) is 0 Å². The lowest BCUT2D eigenvalue weighted by atomic mass is 10.1. The van der Waals surface area contributed by atoms with E-state index in [1.54, 1.807) is 18.2 Å². The molecule has 2 aromatic heterocycles. The fourth-order valence-corrected chi connectivity index (χ4v) is 2.90. The Morgan fingerprint density at radius 2 is 1.94 bits per heavy atom. The second-order valence-electron chi connectivity index (χ2n) is 3.71. The highest BCUT2D eigenvalue weighted by molar-refractivity contribution is 8.13. The van der Waals surface area contributed by atoms with Gasteiger partial charge in [-0.05, 0) is 18.2 Å². The topological polar surface area (TPSA) is 60.4 Å². The highest BCUT2D eigenvalue weighted by atomic mass is 35.7. The first-order chi connectivity index (χ1) is 8.04. The molecule has 0 bridgehead atoms. The molecule has 0 radical (unpaired) electrons. The highest BCUT2D eigenvalue weighted by Crippen LogP contribution is 2.31. The number of furan rings is 2. The zero-order valence-electron chi connectivity index (χ0n) is 8.51. The van der Waals surface area contributed by atoms with Crippen molar-refractivity contribution in [2.75, 3.05) is 0 Å². The molecule has 17 heavy (non-hydrogen) atoms. The second kappa shape index (κ2) is 3.51. The first kappa shape index (κ1) is 10.7. The van der Waals surface area contributed by atoms with Gasteiger partial charge in [0.05, 0.1) is 18.3 Å². The van der Waals surface area contributed by atoms with Gasteiger partial charge in [0.15, 0.2) is 0 Å². The minimum absolute atomic E-state index is 0.282. The van der Waals surface area contributed by atoms with Gasteiger partial charge in [0.1, 0.15) is 11.2 Å². The molecule has 0 unspecified atom stereocenters. The number of hydrogen-bond acceptors (Lipinski definition) is 4. The van der Waals surface area contributed by atoms with Crippen LogP contribution in [0.25, 0.3) is 21.9 Å². The largest absolute Gasteiger partial charge is 0.464 e. The van der Waals surface area contributed by atoms with Crippen LogP contribution in [0.1, 0.15) is 5.56 Å². The summed E-state index contributed by atoms with van der Waals surface area (Å²) in [6, 6.07) is 5.26. The minimum atomic E-state index is -3.65. The SMILES string of the molecule is O=S(=O)(Cl)Cc1c2ccoc2cc2ccoc12. The molecule has 2 heterocycles. The van der Waals surface area contributed by atoms with E-state index in [-0.39, 0.29) is 5.75 Å². The van der Waals surface area contributed by atoms with Crippen LogP contribution < -0.4 is 0 Å². The number of halogens is 1. The first-order valence-corrected chi connectivity index (χ1v) is 7.31. The molecular formula is C11H7ClO4S. The van der Waals surface area contributed by atoms with Crippen molar-refractivity contribution < 1.29 is 17.3 Å². The van der Waals surface area contributed by atoms with Crippen LogP contribution in [0.5, 0.6) is 0 Å². The van der Waals surface area contributed by atoms with Gasteiger partial charge in [-0.15, -0.1) is 0 Å². The summed E-state index contributed by atoms with van der Waals surface area (Å²) in [7, 11) is 1.66. The molecule has 0 saturated heterocycles. The number of rotatable bonds is 2. The van der Waals surface area contributed by atoms with Crippen molar-refractivity contribution in [1.29, 1.82) is 0 Å². The van der Waals surface area contributed by atoms with Gasteiger partial charge in [0.25, 0.3) is 0 Å². The van der Waals surface area contributed by atoms with Crippen LogP contribution >= 0.6 is 10.7 Å². The molecule has 0 aliphatic heterocycles. The molecule has 0 aliphatic rings. The third-order valence-electron chi connectivity index (χ3n) is 2.59. The Labute approximate surface area is 101 Å². The lowest BCUT2D eigenvalue weighted by Crippen LogP contribution is -1.96. The van der Waals surface area contributed by atoms with E-state index in [2.05, 4.69) is 0 Å². The molecule has 1 aromatic carbocycles. The monoisotopic (exact) mass is 270 g/mol. The summed E-state index contributed by atoms with van der Waals surface area (Å²) in [5.74, 6) is -0.282. The van der Waals surface area contributed by atoms with E-state index in [1.165, 1.54) is 12.5 Å². The second-order valence-corrected chi connectivity index (χ2v) is 6.49. The van der Waals surface area contributed by atoms with Crippen molar-refractivity contribution in [3.63, 3.8) is 0 Å². The molecule has 0 N–H and O–H groups in total. The van der Waals surface area contributed by atoms with E-state index in [0.717, 1.165) is 5.39 Å². The molecule has 3 rings (SSSR count). The van der Waals surface area contributed by atoms with E-state index in [1.807, 2.05) is 0 Å². The number of fused-ring (bicyclic) bond motifs is 2. The number of hydrogen-bond donors (Lipinski definition) is 0. The molecule has 0 fully saturated rings. The van der Waals surface area contributed by atoms with Crippen molar-refractivity contribution in [1.82, 2.24) is 0 Å². The quantitative estimate of drug-likeness (QED) is 0.671. The van der Waals surface area contributed by atoms with Crippen molar-refractivity contribution >= 4 is 41.7 Å². The maximum Gasteiger partial charge on any atom is 0.236 e. The standard InChI is InChI=1S/C11H7ClO4S/c12-17(13,14)6-9-8-2-4-15-10(8)5-7-1-3-16-11(7)9/h1-5H,6H2. The summed E-state index contributed by atoms with van der Waals surface area (Å²) in [6.07, 6.45) is 3.02. The highest BCUT2D eigenvalue weighted by Gasteiger charge is 2.17. The predicted molar refractivity (Wildman–Crippen MR) is 64.5 cm³/mol. The molecule has 88 valence electrons.